The normalized spacial score (nSPS) is 13.0. The number of imidazole rings is 1. The number of rotatable bonds is 5. The fourth-order valence-electron chi connectivity index (χ4n) is 3.67. The molecule has 1 aliphatic heterocycles. The molecule has 3 aromatic rings. The minimum atomic E-state index is -0.271. The van der Waals surface area contributed by atoms with E-state index in [1.807, 2.05) is 29.0 Å². The number of hydrogen-bond donors (Lipinski definition) is 2. The van der Waals surface area contributed by atoms with Crippen LogP contribution in [0.2, 0.25) is 0 Å². The third-order valence-electron chi connectivity index (χ3n) is 5.44. The van der Waals surface area contributed by atoms with Crippen molar-refractivity contribution >= 4 is 11.8 Å². The Hall–Kier alpha value is -3.81. The second kappa shape index (κ2) is 9.77. The number of hydrogen-bond acceptors (Lipinski definition) is 5. The van der Waals surface area contributed by atoms with Gasteiger partial charge in [-0.2, -0.15) is 0 Å². The molecule has 0 aliphatic carbocycles. The summed E-state index contributed by atoms with van der Waals surface area (Å²) < 4.78 is 13.0. The molecule has 4 rings (SSSR count). The lowest BCUT2D eigenvalue weighted by atomic mass is 10.1. The molecule has 2 N–H and O–H groups in total. The van der Waals surface area contributed by atoms with E-state index in [0.717, 1.165) is 23.2 Å². The van der Waals surface area contributed by atoms with E-state index in [0.29, 0.717) is 35.3 Å². The van der Waals surface area contributed by atoms with Crippen LogP contribution in [-0.2, 0) is 11.3 Å². The standard InChI is InChI=1S/C25H28N4O4/c1-16(2)6-7-27-25(31)19-10-17-11-20(12-19)29-9-8-26-24(29)18-4-5-21(32-3)22(13-18)33-15-23(30)28-14-17/h4-5,8-13,16H,6-7,14-15H2,1-3H3,(H,27,31)(H,28,30). The van der Waals surface area contributed by atoms with Gasteiger partial charge in [0, 0.05) is 42.3 Å². The molecular formula is C25H28N4O4. The molecule has 0 saturated heterocycles. The van der Waals surface area contributed by atoms with E-state index >= 15 is 0 Å². The Morgan fingerprint density at radius 2 is 2.12 bits per heavy atom. The molecule has 2 aromatic carbocycles. The van der Waals surface area contributed by atoms with Gasteiger partial charge in [-0.15, -0.1) is 0 Å². The Morgan fingerprint density at radius 1 is 1.27 bits per heavy atom. The Balaban J connectivity index is 1.77. The van der Waals surface area contributed by atoms with Crippen molar-refractivity contribution in [2.45, 2.75) is 26.8 Å². The third kappa shape index (κ3) is 5.16. The first-order valence-electron chi connectivity index (χ1n) is 11.0. The highest BCUT2D eigenvalue weighted by Gasteiger charge is 2.17. The summed E-state index contributed by atoms with van der Waals surface area (Å²) in [7, 11) is 1.55. The molecule has 0 radical (unpaired) electrons. The molecule has 8 nitrogen and oxygen atoms in total. The zero-order valence-corrected chi connectivity index (χ0v) is 19.1. The number of methoxy groups -OCH3 is 1. The molecule has 0 atom stereocenters. The summed E-state index contributed by atoms with van der Waals surface area (Å²) >= 11 is 0. The summed E-state index contributed by atoms with van der Waals surface area (Å²) in [6.45, 7) is 4.96. The number of carbonyl (C=O) groups is 2. The van der Waals surface area contributed by atoms with E-state index in [4.69, 9.17) is 9.47 Å². The lowest BCUT2D eigenvalue weighted by Gasteiger charge is -2.14. The summed E-state index contributed by atoms with van der Waals surface area (Å²) in [6.07, 6.45) is 4.46. The Kier molecular flexibility index (Phi) is 6.63. The average molecular weight is 449 g/mol. The maximum absolute atomic E-state index is 12.9. The van der Waals surface area contributed by atoms with Crippen LogP contribution in [0.15, 0.2) is 48.8 Å². The topological polar surface area (TPSA) is 94.5 Å². The van der Waals surface area contributed by atoms with Crippen LogP contribution in [0.25, 0.3) is 17.1 Å². The summed E-state index contributed by atoms with van der Waals surface area (Å²) in [6, 6.07) is 11.0. The molecule has 0 spiro atoms. The quantitative estimate of drug-likeness (QED) is 0.624. The molecule has 4 bridgehead atoms. The van der Waals surface area contributed by atoms with Crippen molar-refractivity contribution in [2.75, 3.05) is 20.3 Å². The summed E-state index contributed by atoms with van der Waals surface area (Å²) in [5.74, 6) is 1.75. The highest BCUT2D eigenvalue weighted by molar-refractivity contribution is 5.95. The SMILES string of the molecule is COc1ccc2cc1OCC(=O)NCc1cc(C(=O)NCCC(C)C)cc(c1)-n1ccnc1-2. The van der Waals surface area contributed by atoms with Gasteiger partial charge in [0.15, 0.2) is 18.1 Å². The van der Waals surface area contributed by atoms with Gasteiger partial charge >= 0.3 is 0 Å². The molecule has 2 amide bonds. The maximum atomic E-state index is 12.9. The lowest BCUT2D eigenvalue weighted by molar-refractivity contribution is -0.123. The van der Waals surface area contributed by atoms with Crippen molar-refractivity contribution in [1.29, 1.82) is 0 Å². The van der Waals surface area contributed by atoms with Gasteiger partial charge in [0.05, 0.1) is 7.11 Å². The number of amides is 2. The molecule has 0 saturated carbocycles. The van der Waals surface area contributed by atoms with Gasteiger partial charge in [0.1, 0.15) is 5.82 Å². The largest absolute Gasteiger partial charge is 0.493 e. The predicted octanol–water partition coefficient (Wildman–Crippen LogP) is 3.33. The number of nitrogens with one attached hydrogen (secondary N) is 2. The zero-order chi connectivity index (χ0) is 23.4. The molecule has 2 heterocycles. The number of nitrogens with zero attached hydrogens (tertiary/aromatic N) is 2. The van der Waals surface area contributed by atoms with E-state index in [1.54, 1.807) is 31.5 Å². The lowest BCUT2D eigenvalue weighted by Crippen LogP contribution is -2.29. The van der Waals surface area contributed by atoms with Gasteiger partial charge in [-0.25, -0.2) is 4.98 Å². The second-order valence-corrected chi connectivity index (χ2v) is 8.38. The highest BCUT2D eigenvalue weighted by atomic mass is 16.5. The zero-order valence-electron chi connectivity index (χ0n) is 19.1. The first-order valence-corrected chi connectivity index (χ1v) is 11.0. The van der Waals surface area contributed by atoms with Gasteiger partial charge in [-0.3, -0.25) is 14.2 Å². The van der Waals surface area contributed by atoms with E-state index in [2.05, 4.69) is 29.5 Å². The Labute approximate surface area is 192 Å². The van der Waals surface area contributed by atoms with Crippen LogP contribution in [0.1, 0.15) is 36.2 Å². The highest BCUT2D eigenvalue weighted by Crippen LogP contribution is 2.33. The molecular weight excluding hydrogens is 420 g/mol. The summed E-state index contributed by atoms with van der Waals surface area (Å²) in [5.41, 5.74) is 2.91. The predicted molar refractivity (Wildman–Crippen MR) is 125 cm³/mol. The monoisotopic (exact) mass is 448 g/mol. The summed E-state index contributed by atoms with van der Waals surface area (Å²) in [5, 5.41) is 5.84. The smallest absolute Gasteiger partial charge is 0.258 e. The van der Waals surface area contributed by atoms with Crippen molar-refractivity contribution in [2.24, 2.45) is 5.92 Å². The maximum Gasteiger partial charge on any atom is 0.258 e. The molecule has 1 aliphatic rings. The van der Waals surface area contributed by atoms with Crippen LogP contribution < -0.4 is 20.1 Å². The fourth-order valence-corrected chi connectivity index (χ4v) is 3.67. The fraction of sp³-hybridized carbons (Fsp3) is 0.320. The van der Waals surface area contributed by atoms with Crippen molar-refractivity contribution in [1.82, 2.24) is 20.2 Å². The molecule has 172 valence electrons. The van der Waals surface area contributed by atoms with Gasteiger partial charge < -0.3 is 20.1 Å². The van der Waals surface area contributed by atoms with Gasteiger partial charge in [-0.05, 0) is 54.3 Å². The third-order valence-corrected chi connectivity index (χ3v) is 5.44. The van der Waals surface area contributed by atoms with E-state index in [1.165, 1.54) is 0 Å². The molecule has 33 heavy (non-hydrogen) atoms. The number of benzene rings is 2. The van der Waals surface area contributed by atoms with Crippen molar-refractivity contribution < 1.29 is 19.1 Å². The van der Waals surface area contributed by atoms with Crippen LogP contribution in [0.4, 0.5) is 0 Å². The number of carbonyl (C=O) groups excluding carboxylic acids is 2. The minimum Gasteiger partial charge on any atom is -0.493 e. The van der Waals surface area contributed by atoms with Crippen molar-refractivity contribution in [3.63, 3.8) is 0 Å². The first kappa shape index (κ1) is 22.4. The average Bonchev–Trinajstić information content (AvgIpc) is 3.30. The van der Waals surface area contributed by atoms with Crippen LogP contribution in [0.5, 0.6) is 11.5 Å². The number of fused-ring (bicyclic) bond motifs is 7. The van der Waals surface area contributed by atoms with Crippen LogP contribution in [-0.4, -0.2) is 41.6 Å². The second-order valence-electron chi connectivity index (χ2n) is 8.38. The Bertz CT molecular complexity index is 1170. The molecule has 8 heteroatoms. The first-order chi connectivity index (χ1) is 15.9. The summed E-state index contributed by atoms with van der Waals surface area (Å²) in [4.78, 5) is 29.8. The molecule has 0 fully saturated rings. The van der Waals surface area contributed by atoms with Gasteiger partial charge in [-0.1, -0.05) is 13.8 Å². The van der Waals surface area contributed by atoms with E-state index < -0.39 is 0 Å². The van der Waals surface area contributed by atoms with E-state index in [-0.39, 0.29) is 25.0 Å². The van der Waals surface area contributed by atoms with Crippen molar-refractivity contribution in [3.8, 4) is 28.6 Å². The number of aromatic nitrogens is 2. The van der Waals surface area contributed by atoms with Gasteiger partial charge in [0.25, 0.3) is 11.8 Å². The van der Waals surface area contributed by atoms with Crippen LogP contribution >= 0.6 is 0 Å². The molecule has 0 unspecified atom stereocenters. The van der Waals surface area contributed by atoms with Crippen LogP contribution in [0, 0.1) is 5.92 Å². The molecule has 1 aromatic heterocycles. The Morgan fingerprint density at radius 3 is 2.91 bits per heavy atom. The van der Waals surface area contributed by atoms with Crippen LogP contribution in [0.3, 0.4) is 0 Å². The minimum absolute atomic E-state index is 0.147. The van der Waals surface area contributed by atoms with Gasteiger partial charge in [0.2, 0.25) is 0 Å². The van der Waals surface area contributed by atoms with Crippen molar-refractivity contribution in [3.05, 3.63) is 59.9 Å². The van der Waals surface area contributed by atoms with E-state index in [9.17, 15) is 9.59 Å². The number of ether oxygens (including phenoxy) is 2.